The molecule has 0 aliphatic carbocycles. The van der Waals surface area contributed by atoms with Crippen molar-refractivity contribution < 1.29 is 22.7 Å². The number of aryl methyl sites for hydroxylation is 2. The number of piperazine rings is 1. The van der Waals surface area contributed by atoms with E-state index in [1.54, 1.807) is 53.1 Å². The summed E-state index contributed by atoms with van der Waals surface area (Å²) in [6, 6.07) is 13.8. The summed E-state index contributed by atoms with van der Waals surface area (Å²) in [7, 11) is -3.97. The summed E-state index contributed by atoms with van der Waals surface area (Å²) < 4.78 is 33.5. The Balaban J connectivity index is 1.86. The van der Waals surface area contributed by atoms with Crippen molar-refractivity contribution in [2.75, 3.05) is 43.6 Å². The van der Waals surface area contributed by atoms with Gasteiger partial charge in [0.25, 0.3) is 10.0 Å². The van der Waals surface area contributed by atoms with E-state index in [2.05, 4.69) is 0 Å². The van der Waals surface area contributed by atoms with Gasteiger partial charge in [0, 0.05) is 26.2 Å². The Morgan fingerprint density at radius 3 is 2.15 bits per heavy atom. The zero-order valence-corrected chi connectivity index (χ0v) is 20.2. The molecule has 2 aromatic carbocycles. The second kappa shape index (κ2) is 10.7. The van der Waals surface area contributed by atoms with Gasteiger partial charge in [-0.2, -0.15) is 0 Å². The Labute approximate surface area is 195 Å². The zero-order chi connectivity index (χ0) is 24.0. The average Bonchev–Trinajstić information content (AvgIpc) is 2.82. The summed E-state index contributed by atoms with van der Waals surface area (Å²) in [5, 5.41) is 0. The number of carbonyl (C=O) groups excluding carboxylic acids is 2. The maximum Gasteiger partial charge on any atom is 0.409 e. The van der Waals surface area contributed by atoms with E-state index in [4.69, 9.17) is 4.74 Å². The topological polar surface area (TPSA) is 87.2 Å². The van der Waals surface area contributed by atoms with Crippen LogP contribution in [0.25, 0.3) is 0 Å². The van der Waals surface area contributed by atoms with Gasteiger partial charge in [0.15, 0.2) is 0 Å². The summed E-state index contributed by atoms with van der Waals surface area (Å²) >= 11 is 0. The number of para-hydroxylation sites is 1. The van der Waals surface area contributed by atoms with Crippen LogP contribution in [0.1, 0.15) is 25.0 Å². The minimum Gasteiger partial charge on any atom is -0.450 e. The van der Waals surface area contributed by atoms with Crippen LogP contribution in [0.3, 0.4) is 0 Å². The highest BCUT2D eigenvalue weighted by molar-refractivity contribution is 7.92. The van der Waals surface area contributed by atoms with Crippen LogP contribution in [0.2, 0.25) is 0 Å². The molecule has 1 aliphatic rings. The van der Waals surface area contributed by atoms with Crippen LogP contribution in [0.4, 0.5) is 10.5 Å². The van der Waals surface area contributed by atoms with Crippen LogP contribution in [0.5, 0.6) is 0 Å². The van der Waals surface area contributed by atoms with Crippen molar-refractivity contribution in [3.8, 4) is 0 Å². The van der Waals surface area contributed by atoms with Crippen LogP contribution in [0, 0.1) is 6.92 Å². The van der Waals surface area contributed by atoms with Gasteiger partial charge in [0.1, 0.15) is 6.54 Å². The number of hydrogen-bond acceptors (Lipinski definition) is 5. The van der Waals surface area contributed by atoms with E-state index in [9.17, 15) is 18.0 Å². The van der Waals surface area contributed by atoms with Crippen molar-refractivity contribution in [2.24, 2.45) is 0 Å². The molecule has 0 bridgehead atoms. The number of benzene rings is 2. The molecule has 3 rings (SSSR count). The number of rotatable bonds is 7. The van der Waals surface area contributed by atoms with E-state index >= 15 is 0 Å². The summed E-state index contributed by atoms with van der Waals surface area (Å²) in [6.45, 7) is 6.91. The van der Waals surface area contributed by atoms with Crippen LogP contribution >= 0.6 is 0 Å². The number of carbonyl (C=O) groups is 2. The molecule has 9 heteroatoms. The van der Waals surface area contributed by atoms with E-state index in [-0.39, 0.29) is 17.3 Å². The van der Waals surface area contributed by atoms with E-state index < -0.39 is 16.1 Å². The molecule has 2 amide bonds. The van der Waals surface area contributed by atoms with Gasteiger partial charge in [-0.1, -0.05) is 42.8 Å². The van der Waals surface area contributed by atoms with Gasteiger partial charge in [-0.3, -0.25) is 9.10 Å². The Hall–Kier alpha value is -3.07. The predicted molar refractivity (Wildman–Crippen MR) is 127 cm³/mol. The van der Waals surface area contributed by atoms with Gasteiger partial charge in [-0.15, -0.1) is 0 Å². The molecule has 0 atom stereocenters. The van der Waals surface area contributed by atoms with E-state index in [0.29, 0.717) is 44.9 Å². The van der Waals surface area contributed by atoms with E-state index in [0.717, 1.165) is 11.1 Å². The quantitative estimate of drug-likeness (QED) is 0.617. The van der Waals surface area contributed by atoms with E-state index in [1.807, 2.05) is 26.0 Å². The van der Waals surface area contributed by atoms with Crippen molar-refractivity contribution in [3.63, 3.8) is 0 Å². The molecule has 0 N–H and O–H groups in total. The van der Waals surface area contributed by atoms with Crippen molar-refractivity contribution in [1.29, 1.82) is 0 Å². The minimum absolute atomic E-state index is 0.138. The standard InChI is InChI=1S/C24H31N3O5S/c1-4-20-8-6-7-9-22(20)27(33(30,31)21-12-10-19(3)11-13-21)18-23(28)25-14-16-26(17-15-25)24(29)32-5-2/h6-13H,4-5,14-18H2,1-3H3. The van der Waals surface area contributed by atoms with Crippen molar-refractivity contribution >= 4 is 27.7 Å². The normalized spacial score (nSPS) is 14.2. The Morgan fingerprint density at radius 2 is 1.55 bits per heavy atom. The molecule has 0 spiro atoms. The summed E-state index contributed by atoms with van der Waals surface area (Å²) in [6.07, 6.45) is 0.229. The smallest absolute Gasteiger partial charge is 0.409 e. The Morgan fingerprint density at radius 1 is 0.939 bits per heavy atom. The third-order valence-electron chi connectivity index (χ3n) is 5.69. The fourth-order valence-corrected chi connectivity index (χ4v) is 5.22. The number of ether oxygens (including phenoxy) is 1. The number of amides is 2. The molecule has 1 saturated heterocycles. The largest absolute Gasteiger partial charge is 0.450 e. The molecule has 0 unspecified atom stereocenters. The number of nitrogens with zero attached hydrogens (tertiary/aromatic N) is 3. The molecule has 1 aliphatic heterocycles. The van der Waals surface area contributed by atoms with Crippen LogP contribution in [-0.4, -0.2) is 69.5 Å². The number of anilines is 1. The molecule has 178 valence electrons. The molecule has 1 heterocycles. The van der Waals surface area contributed by atoms with Gasteiger partial charge in [0.2, 0.25) is 5.91 Å². The van der Waals surface area contributed by atoms with Crippen molar-refractivity contribution in [1.82, 2.24) is 9.80 Å². The van der Waals surface area contributed by atoms with Gasteiger partial charge in [0.05, 0.1) is 17.2 Å². The molecule has 33 heavy (non-hydrogen) atoms. The Kier molecular flexibility index (Phi) is 7.97. The predicted octanol–water partition coefficient (Wildman–Crippen LogP) is 3.05. The molecule has 0 radical (unpaired) electrons. The van der Waals surface area contributed by atoms with Crippen LogP contribution < -0.4 is 4.31 Å². The van der Waals surface area contributed by atoms with Gasteiger partial charge in [-0.05, 0) is 44.0 Å². The van der Waals surface area contributed by atoms with Crippen LogP contribution in [-0.2, 0) is 26.0 Å². The SMILES string of the molecule is CCOC(=O)N1CCN(C(=O)CN(c2ccccc2CC)S(=O)(=O)c2ccc(C)cc2)CC1. The fourth-order valence-electron chi connectivity index (χ4n) is 3.77. The third kappa shape index (κ3) is 5.65. The lowest BCUT2D eigenvalue weighted by molar-refractivity contribution is -0.131. The molecular weight excluding hydrogens is 442 g/mol. The maximum absolute atomic E-state index is 13.6. The highest BCUT2D eigenvalue weighted by Crippen LogP contribution is 2.28. The maximum atomic E-state index is 13.6. The lowest BCUT2D eigenvalue weighted by Crippen LogP contribution is -2.53. The fraction of sp³-hybridized carbons (Fsp3) is 0.417. The highest BCUT2D eigenvalue weighted by atomic mass is 32.2. The molecule has 8 nitrogen and oxygen atoms in total. The zero-order valence-electron chi connectivity index (χ0n) is 19.4. The minimum atomic E-state index is -3.97. The molecule has 0 saturated carbocycles. The van der Waals surface area contributed by atoms with Gasteiger partial charge in [-0.25, -0.2) is 13.2 Å². The summed E-state index contributed by atoms with van der Waals surface area (Å²) in [4.78, 5) is 28.4. The first kappa shape index (κ1) is 24.6. The van der Waals surface area contributed by atoms with Crippen molar-refractivity contribution in [2.45, 2.75) is 32.1 Å². The highest BCUT2D eigenvalue weighted by Gasteiger charge is 2.32. The number of hydrogen-bond donors (Lipinski definition) is 0. The Bertz CT molecular complexity index is 1080. The molecular formula is C24H31N3O5S. The number of sulfonamides is 1. The monoisotopic (exact) mass is 473 g/mol. The second-order valence-corrected chi connectivity index (χ2v) is 9.74. The summed E-state index contributed by atoms with van der Waals surface area (Å²) in [5.74, 6) is -0.305. The van der Waals surface area contributed by atoms with Gasteiger partial charge >= 0.3 is 6.09 Å². The van der Waals surface area contributed by atoms with Crippen molar-refractivity contribution in [3.05, 3.63) is 59.7 Å². The average molecular weight is 474 g/mol. The lowest BCUT2D eigenvalue weighted by atomic mass is 10.1. The third-order valence-corrected chi connectivity index (χ3v) is 7.46. The van der Waals surface area contributed by atoms with Crippen LogP contribution in [0.15, 0.2) is 53.4 Å². The molecule has 2 aromatic rings. The van der Waals surface area contributed by atoms with E-state index in [1.165, 1.54) is 4.31 Å². The first-order chi connectivity index (χ1) is 15.8. The second-order valence-electron chi connectivity index (χ2n) is 7.87. The molecule has 0 aromatic heterocycles. The first-order valence-electron chi connectivity index (χ1n) is 11.1. The summed E-state index contributed by atoms with van der Waals surface area (Å²) in [5.41, 5.74) is 2.29. The lowest BCUT2D eigenvalue weighted by Gasteiger charge is -2.35. The first-order valence-corrected chi connectivity index (χ1v) is 12.6. The van der Waals surface area contributed by atoms with Gasteiger partial charge < -0.3 is 14.5 Å². The molecule has 1 fully saturated rings.